The van der Waals surface area contributed by atoms with Crippen molar-refractivity contribution in [2.24, 2.45) is 5.92 Å². The van der Waals surface area contributed by atoms with Crippen molar-refractivity contribution < 1.29 is 14.7 Å². The molecule has 0 fully saturated rings. The standard InChI is InChI=1S/C25H28N4O3/c1-25(2,32)15-29(3)24(31)17-13-19-21(20(30)14-17)23(27-18-7-5-4-6-8-18)22(28-19)16-9-11-26-12-10-16/h4-12,17,27-28,32H,13-15H2,1-3H3. The number of anilines is 2. The van der Waals surface area contributed by atoms with E-state index in [4.69, 9.17) is 0 Å². The number of rotatable bonds is 6. The maximum atomic E-state index is 13.3. The van der Waals surface area contributed by atoms with Gasteiger partial charge in [-0.1, -0.05) is 18.2 Å². The second-order valence-electron chi connectivity index (χ2n) is 8.99. The smallest absolute Gasteiger partial charge is 0.226 e. The fraction of sp³-hybridized carbons (Fsp3) is 0.320. The summed E-state index contributed by atoms with van der Waals surface area (Å²) in [7, 11) is 1.67. The maximum Gasteiger partial charge on any atom is 0.226 e. The number of ketones is 1. The lowest BCUT2D eigenvalue weighted by atomic mass is 9.85. The number of hydrogen-bond donors (Lipinski definition) is 3. The normalized spacial score (nSPS) is 15.9. The Morgan fingerprint density at radius 3 is 2.53 bits per heavy atom. The van der Waals surface area contributed by atoms with E-state index in [2.05, 4.69) is 15.3 Å². The Kier molecular flexibility index (Phi) is 5.84. The highest BCUT2D eigenvalue weighted by Gasteiger charge is 2.36. The highest BCUT2D eigenvalue weighted by molar-refractivity contribution is 6.09. The molecule has 1 unspecified atom stereocenters. The number of amides is 1. The molecule has 0 aliphatic heterocycles. The van der Waals surface area contributed by atoms with E-state index in [0.717, 1.165) is 28.3 Å². The van der Waals surface area contributed by atoms with Gasteiger partial charge < -0.3 is 20.3 Å². The van der Waals surface area contributed by atoms with Gasteiger partial charge in [0.05, 0.1) is 28.5 Å². The zero-order valence-corrected chi connectivity index (χ0v) is 18.6. The fourth-order valence-corrected chi connectivity index (χ4v) is 4.33. The summed E-state index contributed by atoms with van der Waals surface area (Å²) in [6.45, 7) is 3.53. The molecule has 7 nitrogen and oxygen atoms in total. The van der Waals surface area contributed by atoms with Crippen LogP contribution in [0.5, 0.6) is 0 Å². The van der Waals surface area contributed by atoms with Gasteiger partial charge >= 0.3 is 0 Å². The topological polar surface area (TPSA) is 98.3 Å². The minimum Gasteiger partial charge on any atom is -0.389 e. The summed E-state index contributed by atoms with van der Waals surface area (Å²) in [6, 6.07) is 13.5. The zero-order valence-electron chi connectivity index (χ0n) is 18.6. The summed E-state index contributed by atoms with van der Waals surface area (Å²) in [5.74, 6) is -0.670. The molecule has 166 valence electrons. The van der Waals surface area contributed by atoms with Crippen LogP contribution in [0.3, 0.4) is 0 Å². The first-order valence-corrected chi connectivity index (χ1v) is 10.7. The molecule has 2 aromatic heterocycles. The number of fused-ring (bicyclic) bond motifs is 1. The first kappa shape index (κ1) is 21.8. The first-order valence-electron chi connectivity index (χ1n) is 10.7. The van der Waals surface area contributed by atoms with Gasteiger partial charge in [-0.05, 0) is 38.1 Å². The lowest BCUT2D eigenvalue weighted by Crippen LogP contribution is -2.44. The van der Waals surface area contributed by atoms with Gasteiger partial charge in [-0.25, -0.2) is 0 Å². The van der Waals surface area contributed by atoms with Crippen molar-refractivity contribution in [3.8, 4) is 11.3 Å². The number of likely N-dealkylation sites (N-methyl/N-ethyl adjacent to an activating group) is 1. The predicted molar refractivity (Wildman–Crippen MR) is 124 cm³/mol. The molecule has 0 bridgehead atoms. The lowest BCUT2D eigenvalue weighted by molar-refractivity contribution is -0.136. The number of carbonyl (C=O) groups is 2. The van der Waals surface area contributed by atoms with Gasteiger partial charge in [0.1, 0.15) is 0 Å². The Labute approximate surface area is 187 Å². The molecule has 1 aliphatic carbocycles. The third-order valence-electron chi connectivity index (χ3n) is 5.60. The first-order chi connectivity index (χ1) is 15.2. The number of aromatic amines is 1. The highest BCUT2D eigenvalue weighted by atomic mass is 16.3. The molecular formula is C25H28N4O3. The molecule has 0 spiro atoms. The summed E-state index contributed by atoms with van der Waals surface area (Å²) >= 11 is 0. The van der Waals surface area contributed by atoms with Gasteiger partial charge in [0.15, 0.2) is 5.78 Å². The third-order valence-corrected chi connectivity index (χ3v) is 5.60. The van der Waals surface area contributed by atoms with Crippen LogP contribution in [0.25, 0.3) is 11.3 Å². The molecule has 7 heteroatoms. The molecule has 2 heterocycles. The minimum absolute atomic E-state index is 0.0729. The van der Waals surface area contributed by atoms with E-state index in [1.807, 2.05) is 42.5 Å². The van der Waals surface area contributed by atoms with Crippen molar-refractivity contribution in [1.82, 2.24) is 14.9 Å². The lowest BCUT2D eigenvalue weighted by Gasteiger charge is -2.30. The Balaban J connectivity index is 1.70. The molecule has 0 saturated heterocycles. The molecule has 1 aromatic carbocycles. The van der Waals surface area contributed by atoms with E-state index in [1.165, 1.54) is 4.90 Å². The summed E-state index contributed by atoms with van der Waals surface area (Å²) in [6.07, 6.45) is 3.99. The Bertz CT molecular complexity index is 1120. The van der Waals surface area contributed by atoms with E-state index < -0.39 is 11.5 Å². The molecular weight excluding hydrogens is 404 g/mol. The van der Waals surface area contributed by atoms with Gasteiger partial charge in [-0.3, -0.25) is 14.6 Å². The van der Waals surface area contributed by atoms with Crippen LogP contribution in [0.2, 0.25) is 0 Å². The number of pyridine rings is 1. The Morgan fingerprint density at radius 2 is 1.88 bits per heavy atom. The molecule has 3 N–H and O–H groups in total. The number of para-hydroxylation sites is 1. The number of carbonyl (C=O) groups excluding carboxylic acids is 2. The predicted octanol–water partition coefficient (Wildman–Crippen LogP) is 3.79. The van der Waals surface area contributed by atoms with Crippen molar-refractivity contribution in [3.63, 3.8) is 0 Å². The van der Waals surface area contributed by atoms with Crippen molar-refractivity contribution in [2.75, 3.05) is 18.9 Å². The SMILES string of the molecule is CN(CC(C)(C)O)C(=O)C1CC(=O)c2c([nH]c(-c3ccncc3)c2Nc2ccccc2)C1. The van der Waals surface area contributed by atoms with Crippen LogP contribution in [-0.2, 0) is 11.2 Å². The second kappa shape index (κ2) is 8.59. The van der Waals surface area contributed by atoms with Gasteiger partial charge in [-0.2, -0.15) is 0 Å². The number of benzene rings is 1. The second-order valence-corrected chi connectivity index (χ2v) is 8.99. The Morgan fingerprint density at radius 1 is 1.19 bits per heavy atom. The molecule has 4 rings (SSSR count). The summed E-state index contributed by atoms with van der Waals surface area (Å²) in [5, 5.41) is 13.5. The van der Waals surface area contributed by atoms with Crippen LogP contribution in [0.15, 0.2) is 54.9 Å². The molecule has 3 aromatic rings. The molecule has 1 amide bonds. The van der Waals surface area contributed by atoms with Gasteiger partial charge in [0.25, 0.3) is 0 Å². The van der Waals surface area contributed by atoms with E-state index in [0.29, 0.717) is 12.0 Å². The number of hydrogen-bond acceptors (Lipinski definition) is 5. The molecule has 1 aliphatic rings. The number of aromatic nitrogens is 2. The summed E-state index contributed by atoms with van der Waals surface area (Å²) < 4.78 is 0. The van der Waals surface area contributed by atoms with Crippen molar-refractivity contribution in [1.29, 1.82) is 0 Å². The van der Waals surface area contributed by atoms with Crippen molar-refractivity contribution >= 4 is 23.1 Å². The molecule has 32 heavy (non-hydrogen) atoms. The van der Waals surface area contributed by atoms with Gasteiger partial charge in [0, 0.05) is 55.8 Å². The average Bonchev–Trinajstić information content (AvgIpc) is 3.12. The van der Waals surface area contributed by atoms with Crippen molar-refractivity contribution in [2.45, 2.75) is 32.3 Å². The minimum atomic E-state index is -0.998. The van der Waals surface area contributed by atoms with Crippen LogP contribution >= 0.6 is 0 Å². The largest absolute Gasteiger partial charge is 0.389 e. The van der Waals surface area contributed by atoms with Crippen molar-refractivity contribution in [3.05, 3.63) is 66.1 Å². The van der Waals surface area contributed by atoms with Crippen LogP contribution in [0.4, 0.5) is 11.4 Å². The van der Waals surface area contributed by atoms with Crippen LogP contribution in [-0.4, -0.2) is 50.9 Å². The highest BCUT2D eigenvalue weighted by Crippen LogP contribution is 2.40. The van der Waals surface area contributed by atoms with E-state index in [-0.39, 0.29) is 24.7 Å². The monoisotopic (exact) mass is 432 g/mol. The van der Waals surface area contributed by atoms with Crippen LogP contribution in [0, 0.1) is 5.92 Å². The van der Waals surface area contributed by atoms with Crippen LogP contribution in [0.1, 0.15) is 36.3 Å². The fourth-order valence-electron chi connectivity index (χ4n) is 4.33. The van der Waals surface area contributed by atoms with Crippen LogP contribution < -0.4 is 5.32 Å². The number of Topliss-reactive ketones (excluding diaryl/α,β-unsaturated/α-hetero) is 1. The quantitative estimate of drug-likeness (QED) is 0.550. The summed E-state index contributed by atoms with van der Waals surface area (Å²) in [4.78, 5) is 35.3. The van der Waals surface area contributed by atoms with E-state index in [1.54, 1.807) is 33.3 Å². The average molecular weight is 433 g/mol. The van der Waals surface area contributed by atoms with E-state index in [9.17, 15) is 14.7 Å². The summed E-state index contributed by atoms with van der Waals surface area (Å²) in [5.41, 5.74) is 3.66. The third kappa shape index (κ3) is 4.57. The van der Waals surface area contributed by atoms with E-state index >= 15 is 0 Å². The number of nitrogens with zero attached hydrogens (tertiary/aromatic N) is 2. The Hall–Kier alpha value is -3.45. The molecule has 0 radical (unpaired) electrons. The molecule has 0 saturated carbocycles. The number of H-pyrrole nitrogens is 1. The number of aliphatic hydroxyl groups is 1. The molecule has 1 atom stereocenters. The zero-order chi connectivity index (χ0) is 22.9. The van der Waals surface area contributed by atoms with Gasteiger partial charge in [0.2, 0.25) is 5.91 Å². The maximum absolute atomic E-state index is 13.3. The van der Waals surface area contributed by atoms with Gasteiger partial charge in [-0.15, -0.1) is 0 Å². The number of nitrogens with one attached hydrogen (secondary N) is 2.